The topological polar surface area (TPSA) is 0 Å². The summed E-state index contributed by atoms with van der Waals surface area (Å²) in [4.78, 5) is 0. The third kappa shape index (κ3) is 5.68. The molecule has 0 nitrogen and oxygen atoms in total. The number of alkyl halides is 2. The van der Waals surface area contributed by atoms with Crippen molar-refractivity contribution >= 4 is 0 Å². The fourth-order valence-corrected chi connectivity index (χ4v) is 6.44. The van der Waals surface area contributed by atoms with E-state index in [2.05, 4.69) is 6.92 Å². The first-order valence-corrected chi connectivity index (χ1v) is 12.0. The second kappa shape index (κ2) is 10.4. The van der Waals surface area contributed by atoms with E-state index in [4.69, 9.17) is 0 Å². The molecule has 0 spiro atoms. The lowest BCUT2D eigenvalue weighted by atomic mass is 9.64. The van der Waals surface area contributed by atoms with Crippen LogP contribution in [-0.2, 0) is 0 Å². The van der Waals surface area contributed by atoms with E-state index in [1.807, 2.05) is 0 Å². The van der Waals surface area contributed by atoms with Crippen LogP contribution < -0.4 is 0 Å². The number of halogens is 2. The molecule has 3 aliphatic carbocycles. The maximum atomic E-state index is 15.0. The molecular weight excluding hydrogens is 326 g/mol. The van der Waals surface area contributed by atoms with Crippen molar-refractivity contribution in [3.8, 4) is 0 Å². The molecule has 0 aromatic heterocycles. The summed E-state index contributed by atoms with van der Waals surface area (Å²) < 4.78 is 28.4. The van der Waals surface area contributed by atoms with Crippen LogP contribution in [0.2, 0.25) is 0 Å². The van der Waals surface area contributed by atoms with Gasteiger partial charge in [0, 0.05) is 0 Å². The molecular formula is C24H42F2. The Hall–Kier alpha value is -0.140. The van der Waals surface area contributed by atoms with Gasteiger partial charge in [-0.2, -0.15) is 0 Å². The largest absolute Gasteiger partial charge is 0.247 e. The first-order valence-electron chi connectivity index (χ1n) is 12.0. The van der Waals surface area contributed by atoms with E-state index in [0.29, 0.717) is 23.7 Å². The molecule has 152 valence electrons. The highest BCUT2D eigenvalue weighted by Crippen LogP contribution is 2.47. The highest BCUT2D eigenvalue weighted by molar-refractivity contribution is 4.90. The van der Waals surface area contributed by atoms with Crippen LogP contribution >= 0.6 is 0 Å². The molecule has 3 atom stereocenters. The van der Waals surface area contributed by atoms with E-state index < -0.39 is 12.3 Å². The fraction of sp³-hybridized carbons (Fsp3) is 1.00. The van der Waals surface area contributed by atoms with Crippen LogP contribution in [0, 0.1) is 29.6 Å². The molecule has 3 aliphatic rings. The minimum atomic E-state index is -0.582. The van der Waals surface area contributed by atoms with Crippen molar-refractivity contribution in [1.82, 2.24) is 0 Å². The summed E-state index contributed by atoms with van der Waals surface area (Å²) in [7, 11) is 0. The van der Waals surface area contributed by atoms with Gasteiger partial charge in [0.15, 0.2) is 0 Å². The van der Waals surface area contributed by atoms with E-state index in [1.54, 1.807) is 0 Å². The second-order valence-corrected chi connectivity index (χ2v) is 9.90. The van der Waals surface area contributed by atoms with Crippen LogP contribution in [0.1, 0.15) is 110 Å². The highest BCUT2D eigenvalue weighted by Gasteiger charge is 2.39. The summed E-state index contributed by atoms with van der Waals surface area (Å²) in [6.45, 7) is 2.28. The Morgan fingerprint density at radius 3 is 1.96 bits per heavy atom. The van der Waals surface area contributed by atoms with Gasteiger partial charge in [0.05, 0.1) is 0 Å². The molecule has 3 fully saturated rings. The Balaban J connectivity index is 1.37. The zero-order chi connectivity index (χ0) is 18.4. The zero-order valence-electron chi connectivity index (χ0n) is 17.1. The van der Waals surface area contributed by atoms with E-state index in [0.717, 1.165) is 44.4 Å². The van der Waals surface area contributed by atoms with Crippen molar-refractivity contribution in [3.05, 3.63) is 0 Å². The minimum Gasteiger partial charge on any atom is -0.247 e. The Kier molecular flexibility index (Phi) is 8.25. The third-order valence-electron chi connectivity index (χ3n) is 8.19. The van der Waals surface area contributed by atoms with Crippen molar-refractivity contribution in [2.75, 3.05) is 0 Å². The number of unbranched alkanes of at least 4 members (excludes halogenated alkanes) is 3. The van der Waals surface area contributed by atoms with Gasteiger partial charge in [-0.25, -0.2) is 8.78 Å². The maximum absolute atomic E-state index is 15.0. The van der Waals surface area contributed by atoms with Crippen molar-refractivity contribution in [3.63, 3.8) is 0 Å². The Morgan fingerprint density at radius 2 is 1.31 bits per heavy atom. The summed E-state index contributed by atoms with van der Waals surface area (Å²) in [5.74, 6) is 3.07. The molecule has 0 aliphatic heterocycles. The van der Waals surface area contributed by atoms with Gasteiger partial charge in [-0.3, -0.25) is 0 Å². The van der Waals surface area contributed by atoms with E-state index >= 15 is 4.39 Å². The lowest BCUT2D eigenvalue weighted by Crippen LogP contribution is -2.36. The monoisotopic (exact) mass is 368 g/mol. The molecule has 0 heterocycles. The molecule has 0 amide bonds. The summed E-state index contributed by atoms with van der Waals surface area (Å²) in [6, 6.07) is 0. The van der Waals surface area contributed by atoms with E-state index in [-0.39, 0.29) is 0 Å². The summed E-state index contributed by atoms with van der Waals surface area (Å²) in [5, 5.41) is 0. The van der Waals surface area contributed by atoms with E-state index in [9.17, 15) is 4.39 Å². The van der Waals surface area contributed by atoms with Crippen LogP contribution in [0.15, 0.2) is 0 Å². The molecule has 3 saturated carbocycles. The van der Waals surface area contributed by atoms with Gasteiger partial charge in [0.1, 0.15) is 12.3 Å². The van der Waals surface area contributed by atoms with Crippen LogP contribution in [0.4, 0.5) is 8.78 Å². The molecule has 0 aromatic rings. The number of rotatable bonds is 7. The predicted molar refractivity (Wildman–Crippen MR) is 107 cm³/mol. The fourth-order valence-electron chi connectivity index (χ4n) is 6.44. The number of hydrogen-bond acceptors (Lipinski definition) is 0. The molecule has 2 heteroatoms. The van der Waals surface area contributed by atoms with Gasteiger partial charge < -0.3 is 0 Å². The Morgan fingerprint density at radius 1 is 0.654 bits per heavy atom. The molecule has 26 heavy (non-hydrogen) atoms. The lowest BCUT2D eigenvalue weighted by Gasteiger charge is -2.42. The average Bonchev–Trinajstić information content (AvgIpc) is 2.66. The first kappa shape index (κ1) is 20.6. The van der Waals surface area contributed by atoms with E-state index in [1.165, 1.54) is 64.2 Å². The quantitative estimate of drug-likeness (QED) is 0.399. The maximum Gasteiger partial charge on any atom is 0.103 e. The average molecular weight is 369 g/mol. The summed E-state index contributed by atoms with van der Waals surface area (Å²) >= 11 is 0. The smallest absolute Gasteiger partial charge is 0.103 e. The van der Waals surface area contributed by atoms with Crippen molar-refractivity contribution < 1.29 is 8.78 Å². The van der Waals surface area contributed by atoms with Crippen molar-refractivity contribution in [2.45, 2.75) is 122 Å². The molecule has 0 radical (unpaired) electrons. The Bertz CT molecular complexity index is 380. The zero-order valence-corrected chi connectivity index (χ0v) is 17.1. The summed E-state index contributed by atoms with van der Waals surface area (Å²) in [6.07, 6.45) is 17.6. The van der Waals surface area contributed by atoms with Gasteiger partial charge in [-0.1, -0.05) is 51.9 Å². The SMILES string of the molecule is CCCCCCC1CCC(C2CCC(C3CCC(F)CC3)CC2F)CC1. The highest BCUT2D eigenvalue weighted by atomic mass is 19.1. The van der Waals surface area contributed by atoms with Gasteiger partial charge in [-0.15, -0.1) is 0 Å². The lowest BCUT2D eigenvalue weighted by molar-refractivity contribution is 0.0310. The summed E-state index contributed by atoms with van der Waals surface area (Å²) in [5.41, 5.74) is 0. The number of hydrogen-bond donors (Lipinski definition) is 0. The van der Waals surface area contributed by atoms with Crippen LogP contribution in [0.25, 0.3) is 0 Å². The Labute approximate surface area is 160 Å². The van der Waals surface area contributed by atoms with Crippen LogP contribution in [0.5, 0.6) is 0 Å². The molecule has 0 aromatic carbocycles. The molecule has 0 N–H and O–H groups in total. The third-order valence-corrected chi connectivity index (χ3v) is 8.19. The molecule has 3 unspecified atom stereocenters. The van der Waals surface area contributed by atoms with Crippen LogP contribution in [0.3, 0.4) is 0 Å². The normalized spacial score (nSPS) is 41.9. The molecule has 3 rings (SSSR count). The van der Waals surface area contributed by atoms with Crippen LogP contribution in [-0.4, -0.2) is 12.3 Å². The van der Waals surface area contributed by atoms with Gasteiger partial charge >= 0.3 is 0 Å². The molecule has 0 saturated heterocycles. The van der Waals surface area contributed by atoms with Gasteiger partial charge in [-0.05, 0) is 87.4 Å². The standard InChI is InChI=1S/C24H42F2/c1-2-3-4-5-6-18-7-9-20(10-8-18)23-16-13-21(17-24(23)26)19-11-14-22(25)15-12-19/h18-24H,2-17H2,1H3. The first-order chi connectivity index (χ1) is 12.7. The van der Waals surface area contributed by atoms with Crippen molar-refractivity contribution in [1.29, 1.82) is 0 Å². The predicted octanol–water partition coefficient (Wildman–Crippen LogP) is 8.05. The van der Waals surface area contributed by atoms with Gasteiger partial charge in [0.25, 0.3) is 0 Å². The second-order valence-electron chi connectivity index (χ2n) is 9.90. The minimum absolute atomic E-state index is 0.338. The molecule has 0 bridgehead atoms. The van der Waals surface area contributed by atoms with Gasteiger partial charge in [0.2, 0.25) is 0 Å². The van der Waals surface area contributed by atoms with Crippen molar-refractivity contribution in [2.24, 2.45) is 29.6 Å².